The highest BCUT2D eigenvalue weighted by molar-refractivity contribution is 6.39. The van der Waals surface area contributed by atoms with E-state index in [2.05, 4.69) is 15.3 Å². The molecule has 1 N–H and O–H groups in total. The van der Waals surface area contributed by atoms with Gasteiger partial charge in [-0.05, 0) is 18.6 Å². The molecule has 0 fully saturated rings. The zero-order valence-corrected chi connectivity index (χ0v) is 18.7. The lowest BCUT2D eigenvalue weighted by Gasteiger charge is -2.13. The van der Waals surface area contributed by atoms with Gasteiger partial charge in [-0.3, -0.25) is 10.1 Å². The molecule has 0 bridgehead atoms. The van der Waals surface area contributed by atoms with Crippen LogP contribution in [0.25, 0.3) is 11.9 Å². The minimum Gasteiger partial charge on any atom is -0.495 e. The molecule has 2 aromatic carbocycles. The van der Waals surface area contributed by atoms with E-state index in [4.69, 9.17) is 32.7 Å². The van der Waals surface area contributed by atoms with Crippen molar-refractivity contribution >= 4 is 52.4 Å². The number of anilines is 2. The van der Waals surface area contributed by atoms with Crippen LogP contribution in [0.5, 0.6) is 11.5 Å². The van der Waals surface area contributed by atoms with Gasteiger partial charge in [-0.2, -0.15) is 0 Å². The van der Waals surface area contributed by atoms with Gasteiger partial charge < -0.3 is 14.8 Å². The van der Waals surface area contributed by atoms with Crippen LogP contribution in [-0.4, -0.2) is 29.1 Å². The van der Waals surface area contributed by atoms with Crippen molar-refractivity contribution in [1.29, 1.82) is 0 Å². The first-order chi connectivity index (χ1) is 15.3. The number of nitrogens with one attached hydrogen (secondary N) is 1. The fraction of sp³-hybridized carbons (Fsp3) is 0.143. The fourth-order valence-electron chi connectivity index (χ4n) is 2.87. The Bertz CT molecular complexity index is 1180. The molecule has 3 rings (SSSR count). The van der Waals surface area contributed by atoms with Gasteiger partial charge in [-0.15, -0.1) is 0 Å². The summed E-state index contributed by atoms with van der Waals surface area (Å²) in [5, 5.41) is 14.1. The first-order valence-electron chi connectivity index (χ1n) is 9.07. The molecule has 0 saturated heterocycles. The summed E-state index contributed by atoms with van der Waals surface area (Å²) >= 11 is 12.5. The van der Waals surface area contributed by atoms with E-state index in [-0.39, 0.29) is 44.4 Å². The second-order valence-electron chi connectivity index (χ2n) is 6.47. The van der Waals surface area contributed by atoms with Gasteiger partial charge >= 0.3 is 0 Å². The summed E-state index contributed by atoms with van der Waals surface area (Å²) in [4.78, 5) is 19.0. The van der Waals surface area contributed by atoms with Crippen molar-refractivity contribution in [3.8, 4) is 11.5 Å². The average molecular weight is 479 g/mol. The summed E-state index contributed by atoms with van der Waals surface area (Å²) in [7, 11) is 2.77. The predicted molar refractivity (Wildman–Crippen MR) is 122 cm³/mol. The summed E-state index contributed by atoms with van der Waals surface area (Å²) in [6.45, 7) is 1.72. The molecule has 11 heteroatoms. The lowest BCUT2D eigenvalue weighted by atomic mass is 10.1. The Morgan fingerprint density at radius 3 is 2.28 bits per heavy atom. The number of hydrogen-bond donors (Lipinski definition) is 1. The Kier molecular flexibility index (Phi) is 7.12. The smallest absolute Gasteiger partial charge is 0.293 e. The van der Waals surface area contributed by atoms with Crippen molar-refractivity contribution in [3.63, 3.8) is 0 Å². The lowest BCUT2D eigenvalue weighted by molar-refractivity contribution is -0.384. The van der Waals surface area contributed by atoms with Crippen LogP contribution < -0.4 is 14.8 Å². The monoisotopic (exact) mass is 478 g/mol. The van der Waals surface area contributed by atoms with Gasteiger partial charge in [0.2, 0.25) is 5.95 Å². The minimum atomic E-state index is -0.754. The number of hydrogen-bond acceptors (Lipinski definition) is 7. The SMILES string of the molecule is COc1cc(OC)c(Cl)c(/C(F)=C/c2cnc(Nc3c(C)cccc3[N+](=O)[O-])nc2)c1Cl. The summed E-state index contributed by atoms with van der Waals surface area (Å²) in [5.41, 5.74) is 1.02. The molecular weight excluding hydrogens is 462 g/mol. The molecule has 3 aromatic rings. The van der Waals surface area contributed by atoms with Crippen LogP contribution in [0.15, 0.2) is 36.7 Å². The largest absolute Gasteiger partial charge is 0.495 e. The van der Waals surface area contributed by atoms with Crippen LogP contribution >= 0.6 is 23.2 Å². The molecule has 0 aliphatic rings. The highest BCUT2D eigenvalue weighted by Crippen LogP contribution is 2.44. The standard InChI is InChI=1S/C21H17Cl2FN4O4/c1-11-5-4-6-14(28(29)30)20(11)27-21-25-9-12(10-26-21)7-13(24)17-18(22)15(31-2)8-16(32-3)19(17)23/h4-10H,1-3H3,(H,25,26,27)/b13-7-. The van der Waals surface area contributed by atoms with E-state index >= 15 is 4.39 Å². The molecule has 32 heavy (non-hydrogen) atoms. The first kappa shape index (κ1) is 23.2. The molecule has 0 atom stereocenters. The van der Waals surface area contributed by atoms with Crippen molar-refractivity contribution < 1.29 is 18.8 Å². The summed E-state index contributed by atoms with van der Waals surface area (Å²) in [6, 6.07) is 6.13. The van der Waals surface area contributed by atoms with Gasteiger partial charge in [0.15, 0.2) is 0 Å². The topological polar surface area (TPSA) is 99.4 Å². The predicted octanol–water partition coefficient (Wildman–Crippen LogP) is 6.23. The minimum absolute atomic E-state index is 0.0156. The third-order valence-corrected chi connectivity index (χ3v) is 5.21. The number of rotatable bonds is 7. The van der Waals surface area contributed by atoms with Gasteiger partial charge in [-0.1, -0.05) is 35.3 Å². The van der Waals surface area contributed by atoms with E-state index in [0.29, 0.717) is 11.1 Å². The number of aryl methyl sites for hydroxylation is 1. The Morgan fingerprint density at radius 1 is 1.16 bits per heavy atom. The number of nitro groups is 1. The molecule has 0 aliphatic heterocycles. The highest BCUT2D eigenvalue weighted by atomic mass is 35.5. The number of nitro benzene ring substituents is 1. The van der Waals surface area contributed by atoms with Crippen molar-refractivity contribution in [3.05, 3.63) is 73.5 Å². The van der Waals surface area contributed by atoms with Gasteiger partial charge in [0, 0.05) is 30.1 Å². The number of halogens is 3. The maximum Gasteiger partial charge on any atom is 0.293 e. The molecule has 0 saturated carbocycles. The fourth-order valence-corrected chi connectivity index (χ4v) is 3.55. The Hall–Kier alpha value is -3.43. The summed E-state index contributed by atoms with van der Waals surface area (Å²) < 4.78 is 25.3. The Labute approximate surface area is 192 Å². The van der Waals surface area contributed by atoms with Gasteiger partial charge in [-0.25, -0.2) is 14.4 Å². The zero-order valence-electron chi connectivity index (χ0n) is 17.1. The molecule has 8 nitrogen and oxygen atoms in total. The number of benzene rings is 2. The average Bonchev–Trinajstić information content (AvgIpc) is 2.76. The van der Waals surface area contributed by atoms with Crippen LogP contribution in [0.1, 0.15) is 16.7 Å². The van der Waals surface area contributed by atoms with Crippen LogP contribution in [-0.2, 0) is 0 Å². The van der Waals surface area contributed by atoms with Crippen molar-refractivity contribution in [2.75, 3.05) is 19.5 Å². The number of aromatic nitrogens is 2. The number of methoxy groups -OCH3 is 2. The van der Waals surface area contributed by atoms with E-state index in [1.54, 1.807) is 19.1 Å². The van der Waals surface area contributed by atoms with Crippen LogP contribution in [0.2, 0.25) is 10.0 Å². The van der Waals surface area contributed by atoms with Gasteiger partial charge in [0.25, 0.3) is 5.69 Å². The van der Waals surface area contributed by atoms with Crippen LogP contribution in [0, 0.1) is 17.0 Å². The Balaban J connectivity index is 1.92. The molecular formula is C21H17Cl2FN4O4. The number of nitrogens with zero attached hydrogens (tertiary/aromatic N) is 3. The van der Waals surface area contributed by atoms with Crippen LogP contribution in [0.3, 0.4) is 0 Å². The first-order valence-corrected chi connectivity index (χ1v) is 9.83. The molecule has 1 heterocycles. The van der Waals surface area contributed by atoms with Gasteiger partial charge in [0.1, 0.15) is 23.0 Å². The zero-order chi connectivity index (χ0) is 23.4. The summed E-state index contributed by atoms with van der Waals surface area (Å²) in [6.07, 6.45) is 3.84. The van der Waals surface area contributed by atoms with E-state index in [0.717, 1.165) is 6.08 Å². The maximum atomic E-state index is 15.1. The normalized spacial score (nSPS) is 11.2. The third kappa shape index (κ3) is 4.74. The molecule has 1 aromatic heterocycles. The molecule has 0 aliphatic carbocycles. The van der Waals surface area contributed by atoms with E-state index in [1.807, 2.05) is 0 Å². The second kappa shape index (κ2) is 9.80. The maximum absolute atomic E-state index is 15.1. The lowest BCUT2D eigenvalue weighted by Crippen LogP contribution is -2.02. The highest BCUT2D eigenvalue weighted by Gasteiger charge is 2.21. The van der Waals surface area contributed by atoms with Crippen molar-refractivity contribution in [2.24, 2.45) is 0 Å². The van der Waals surface area contributed by atoms with Gasteiger partial charge in [0.05, 0.1) is 34.8 Å². The van der Waals surface area contributed by atoms with E-state index in [9.17, 15) is 10.1 Å². The second-order valence-corrected chi connectivity index (χ2v) is 7.22. The van der Waals surface area contributed by atoms with E-state index in [1.165, 1.54) is 38.7 Å². The number of ether oxygens (including phenoxy) is 2. The third-order valence-electron chi connectivity index (χ3n) is 4.46. The van der Waals surface area contributed by atoms with Crippen LogP contribution in [0.4, 0.5) is 21.7 Å². The van der Waals surface area contributed by atoms with E-state index < -0.39 is 10.8 Å². The molecule has 0 spiro atoms. The molecule has 0 amide bonds. The molecule has 166 valence electrons. The summed E-state index contributed by atoms with van der Waals surface area (Å²) in [5.74, 6) is -0.251. The van der Waals surface area contributed by atoms with Crippen molar-refractivity contribution in [1.82, 2.24) is 9.97 Å². The quantitative estimate of drug-likeness (QED) is 0.317. The van der Waals surface area contributed by atoms with Crippen molar-refractivity contribution in [2.45, 2.75) is 6.92 Å². The molecule has 0 radical (unpaired) electrons. The molecule has 0 unspecified atom stereocenters. The number of para-hydroxylation sites is 1. The Morgan fingerprint density at radius 2 is 1.75 bits per heavy atom.